The highest BCUT2D eigenvalue weighted by Gasteiger charge is 2.29. The highest BCUT2D eigenvalue weighted by Crippen LogP contribution is 2.38. The van der Waals surface area contributed by atoms with Crippen molar-refractivity contribution < 1.29 is 19.7 Å². The first-order chi connectivity index (χ1) is 9.15. The lowest BCUT2D eigenvalue weighted by molar-refractivity contribution is 0.0845. The molecule has 0 fully saturated rings. The lowest BCUT2D eigenvalue weighted by atomic mass is 9.95. The van der Waals surface area contributed by atoms with Crippen molar-refractivity contribution in [3.8, 4) is 17.2 Å². The molecule has 0 aliphatic carbocycles. The monoisotopic (exact) mass is 256 g/mol. The molecular formula is C15H12O4. The largest absolute Gasteiger partial charge is 0.508 e. The number of rotatable bonds is 1. The minimum Gasteiger partial charge on any atom is -0.508 e. The van der Waals surface area contributed by atoms with E-state index in [2.05, 4.69) is 0 Å². The maximum Gasteiger partial charge on any atom is 0.174 e. The molecule has 2 N–H and O–H groups in total. The fraction of sp³-hybridized carbons (Fsp3) is 0.133. The molecule has 4 nitrogen and oxygen atoms in total. The van der Waals surface area contributed by atoms with E-state index in [-0.39, 0.29) is 35.4 Å². The first kappa shape index (κ1) is 11.6. The van der Waals surface area contributed by atoms with Crippen molar-refractivity contribution in [1.82, 2.24) is 0 Å². The number of aromatic hydroxyl groups is 2. The normalized spacial score (nSPS) is 17.7. The van der Waals surface area contributed by atoms with Crippen LogP contribution in [-0.4, -0.2) is 16.0 Å². The van der Waals surface area contributed by atoms with E-state index in [0.29, 0.717) is 5.75 Å². The number of phenols is 2. The van der Waals surface area contributed by atoms with Gasteiger partial charge in [0.25, 0.3) is 0 Å². The molecule has 2 aromatic rings. The zero-order valence-electron chi connectivity index (χ0n) is 10.0. The number of fused-ring (bicyclic) bond motifs is 1. The van der Waals surface area contributed by atoms with Crippen LogP contribution < -0.4 is 4.74 Å². The molecule has 1 aliphatic heterocycles. The number of Topliss-reactive ketones (excluding diaryl/α,β-unsaturated/α-hetero) is 1. The lowest BCUT2D eigenvalue weighted by Gasteiger charge is -2.25. The summed E-state index contributed by atoms with van der Waals surface area (Å²) < 4.78 is 5.75. The van der Waals surface area contributed by atoms with Crippen LogP contribution in [0.2, 0.25) is 0 Å². The second-order valence-electron chi connectivity index (χ2n) is 4.48. The lowest BCUT2D eigenvalue weighted by Crippen LogP contribution is -2.20. The maximum absolute atomic E-state index is 12.1. The summed E-state index contributed by atoms with van der Waals surface area (Å²) in [5, 5.41) is 18.9. The van der Waals surface area contributed by atoms with Crippen LogP contribution in [0, 0.1) is 0 Å². The van der Waals surface area contributed by atoms with Crippen molar-refractivity contribution in [2.75, 3.05) is 0 Å². The number of ether oxygens (including phenoxy) is 1. The SMILES string of the molecule is O=C1CC(c2ccc(O)cc2)Oc2cccc(O)c21. The van der Waals surface area contributed by atoms with Gasteiger partial charge in [0.15, 0.2) is 5.78 Å². The van der Waals surface area contributed by atoms with Gasteiger partial charge in [0, 0.05) is 0 Å². The summed E-state index contributed by atoms with van der Waals surface area (Å²) in [5.74, 6) is 0.377. The maximum atomic E-state index is 12.1. The third-order valence-corrected chi connectivity index (χ3v) is 3.19. The van der Waals surface area contributed by atoms with E-state index < -0.39 is 0 Å². The number of carbonyl (C=O) groups excluding carboxylic acids is 1. The Morgan fingerprint density at radius 2 is 1.79 bits per heavy atom. The first-order valence-electron chi connectivity index (χ1n) is 5.96. The number of benzene rings is 2. The predicted octanol–water partition coefficient (Wildman–Crippen LogP) is 2.80. The fourth-order valence-electron chi connectivity index (χ4n) is 2.24. The average Bonchev–Trinajstić information content (AvgIpc) is 2.39. The molecule has 1 unspecified atom stereocenters. The van der Waals surface area contributed by atoms with Crippen molar-refractivity contribution in [2.24, 2.45) is 0 Å². The van der Waals surface area contributed by atoms with E-state index in [1.807, 2.05) is 0 Å². The van der Waals surface area contributed by atoms with Gasteiger partial charge in [0.1, 0.15) is 28.9 Å². The van der Waals surface area contributed by atoms with E-state index in [0.717, 1.165) is 5.56 Å². The summed E-state index contributed by atoms with van der Waals surface area (Å²) in [6.07, 6.45) is -0.211. The van der Waals surface area contributed by atoms with Gasteiger partial charge in [-0.25, -0.2) is 0 Å². The molecule has 3 rings (SSSR count). The zero-order valence-corrected chi connectivity index (χ0v) is 10.0. The minimum absolute atomic E-state index is 0.0494. The molecule has 0 bridgehead atoms. The number of phenolic OH excluding ortho intramolecular Hbond substituents is 2. The molecule has 0 saturated carbocycles. The van der Waals surface area contributed by atoms with Crippen LogP contribution in [0.15, 0.2) is 42.5 Å². The van der Waals surface area contributed by atoms with Crippen LogP contribution in [0.25, 0.3) is 0 Å². The highest BCUT2D eigenvalue weighted by molar-refractivity contribution is 6.02. The van der Waals surface area contributed by atoms with Crippen LogP contribution >= 0.6 is 0 Å². The Hall–Kier alpha value is -2.49. The molecule has 1 heterocycles. The summed E-state index contributed by atoms with van der Waals surface area (Å²) in [7, 11) is 0. The predicted molar refractivity (Wildman–Crippen MR) is 68.5 cm³/mol. The van der Waals surface area contributed by atoms with Gasteiger partial charge in [-0.05, 0) is 29.8 Å². The van der Waals surface area contributed by atoms with Crippen LogP contribution in [0.3, 0.4) is 0 Å². The molecule has 96 valence electrons. The van der Waals surface area contributed by atoms with Gasteiger partial charge >= 0.3 is 0 Å². The van der Waals surface area contributed by atoms with Gasteiger partial charge in [-0.15, -0.1) is 0 Å². The van der Waals surface area contributed by atoms with Crippen molar-refractivity contribution in [3.63, 3.8) is 0 Å². The number of ketones is 1. The molecule has 0 amide bonds. The van der Waals surface area contributed by atoms with Crippen molar-refractivity contribution in [1.29, 1.82) is 0 Å². The molecular weight excluding hydrogens is 244 g/mol. The second-order valence-corrected chi connectivity index (χ2v) is 4.48. The van der Waals surface area contributed by atoms with Crippen LogP contribution in [0.5, 0.6) is 17.2 Å². The Morgan fingerprint density at radius 1 is 1.05 bits per heavy atom. The highest BCUT2D eigenvalue weighted by atomic mass is 16.5. The van der Waals surface area contributed by atoms with E-state index in [4.69, 9.17) is 4.74 Å². The summed E-state index contributed by atoms with van der Waals surface area (Å²) in [5.41, 5.74) is 1.07. The van der Waals surface area contributed by atoms with Crippen LogP contribution in [0.4, 0.5) is 0 Å². The minimum atomic E-state index is -0.387. The molecule has 1 aliphatic rings. The van der Waals surface area contributed by atoms with Crippen molar-refractivity contribution >= 4 is 5.78 Å². The average molecular weight is 256 g/mol. The summed E-state index contributed by atoms with van der Waals surface area (Å²) in [4.78, 5) is 12.1. The van der Waals surface area contributed by atoms with E-state index in [9.17, 15) is 15.0 Å². The molecule has 0 saturated heterocycles. The Labute approximate surface area is 109 Å². The summed E-state index contributed by atoms with van der Waals surface area (Å²) >= 11 is 0. The molecule has 0 spiro atoms. The number of carbonyl (C=O) groups is 1. The summed E-state index contributed by atoms with van der Waals surface area (Å²) in [6.45, 7) is 0. The molecule has 1 atom stereocenters. The Bertz CT molecular complexity index is 631. The Balaban J connectivity index is 1.97. The first-order valence-corrected chi connectivity index (χ1v) is 5.96. The molecule has 4 heteroatoms. The zero-order chi connectivity index (χ0) is 13.4. The fourth-order valence-corrected chi connectivity index (χ4v) is 2.24. The number of hydrogen-bond acceptors (Lipinski definition) is 4. The number of hydrogen-bond donors (Lipinski definition) is 2. The standard InChI is InChI=1S/C15H12O4/c16-10-6-4-9(5-7-10)14-8-12(18)15-11(17)2-1-3-13(15)19-14/h1-7,14,16-17H,8H2. The van der Waals surface area contributed by atoms with Gasteiger partial charge in [-0.3, -0.25) is 4.79 Å². The van der Waals surface area contributed by atoms with Crippen molar-refractivity contribution in [2.45, 2.75) is 12.5 Å². The second kappa shape index (κ2) is 4.31. The molecule has 0 aromatic heterocycles. The van der Waals surface area contributed by atoms with Gasteiger partial charge in [-0.1, -0.05) is 18.2 Å². The van der Waals surface area contributed by atoms with E-state index >= 15 is 0 Å². The van der Waals surface area contributed by atoms with Gasteiger partial charge in [0.05, 0.1) is 6.42 Å². The Morgan fingerprint density at radius 3 is 2.53 bits per heavy atom. The third-order valence-electron chi connectivity index (χ3n) is 3.19. The van der Waals surface area contributed by atoms with Crippen molar-refractivity contribution in [3.05, 3.63) is 53.6 Å². The van der Waals surface area contributed by atoms with Crippen LogP contribution in [0.1, 0.15) is 28.4 Å². The molecule has 0 radical (unpaired) electrons. The van der Waals surface area contributed by atoms with E-state index in [1.54, 1.807) is 36.4 Å². The van der Waals surface area contributed by atoms with E-state index in [1.165, 1.54) is 6.07 Å². The smallest absolute Gasteiger partial charge is 0.174 e. The molecule has 19 heavy (non-hydrogen) atoms. The molecule has 2 aromatic carbocycles. The van der Waals surface area contributed by atoms with Crippen LogP contribution in [-0.2, 0) is 0 Å². The van der Waals surface area contributed by atoms with Gasteiger partial charge in [0.2, 0.25) is 0 Å². The summed E-state index contributed by atoms with van der Waals surface area (Å²) in [6, 6.07) is 11.3. The third kappa shape index (κ3) is 2.01. The quantitative estimate of drug-likeness (QED) is 0.823. The Kier molecular flexibility index (Phi) is 2.63. The van der Waals surface area contributed by atoms with Gasteiger partial charge in [-0.2, -0.15) is 0 Å². The topological polar surface area (TPSA) is 66.8 Å². The van der Waals surface area contributed by atoms with Gasteiger partial charge < -0.3 is 14.9 Å².